The Morgan fingerprint density at radius 2 is 1.83 bits per heavy atom. The number of carbonyl (C=O) groups is 1. The first-order valence-corrected chi connectivity index (χ1v) is 4.30. The minimum Gasteiger partial charge on any atom is -0.459 e. The standard InChI is InChI=1S/C9H20NO2/c1-8(2)9(11)12-7-6-10(3,4)5/h8H,6-7H2,1-5H3/q+1. The minimum absolute atomic E-state index is 0.0162. The molecule has 0 N–H and O–H groups in total. The van der Waals surface area contributed by atoms with Crippen molar-refractivity contribution in [1.29, 1.82) is 0 Å². The van der Waals surface area contributed by atoms with E-state index in [0.29, 0.717) is 6.61 Å². The second kappa shape index (κ2) is 4.45. The lowest BCUT2D eigenvalue weighted by atomic mass is 10.2. The highest BCUT2D eigenvalue weighted by molar-refractivity contribution is 5.71. The molecule has 0 saturated carbocycles. The molecule has 12 heavy (non-hydrogen) atoms. The smallest absolute Gasteiger partial charge is 0.308 e. The largest absolute Gasteiger partial charge is 0.459 e. The normalized spacial score (nSPS) is 11.8. The van der Waals surface area contributed by atoms with Crippen LogP contribution in [0, 0.1) is 5.92 Å². The molecule has 0 spiro atoms. The summed E-state index contributed by atoms with van der Waals surface area (Å²) in [5.74, 6) is -0.124. The molecule has 0 aromatic heterocycles. The van der Waals surface area contributed by atoms with Gasteiger partial charge in [-0.1, -0.05) is 13.8 Å². The fourth-order valence-corrected chi connectivity index (χ4v) is 0.587. The molecular formula is C9H20NO2+. The van der Waals surface area contributed by atoms with Gasteiger partial charge in [-0.15, -0.1) is 0 Å². The van der Waals surface area contributed by atoms with Gasteiger partial charge in [-0.25, -0.2) is 0 Å². The first kappa shape index (κ1) is 11.4. The summed E-state index contributed by atoms with van der Waals surface area (Å²) in [4.78, 5) is 11.0. The maximum absolute atomic E-state index is 11.0. The lowest BCUT2D eigenvalue weighted by Crippen LogP contribution is -2.38. The summed E-state index contributed by atoms with van der Waals surface area (Å²) in [7, 11) is 6.22. The van der Waals surface area contributed by atoms with Crippen LogP contribution in [-0.2, 0) is 9.53 Å². The number of carbonyl (C=O) groups excluding carboxylic acids is 1. The lowest BCUT2D eigenvalue weighted by Gasteiger charge is -2.23. The quantitative estimate of drug-likeness (QED) is 0.467. The number of rotatable bonds is 4. The summed E-state index contributed by atoms with van der Waals surface area (Å²) in [6.45, 7) is 5.06. The lowest BCUT2D eigenvalue weighted by molar-refractivity contribution is -0.870. The van der Waals surface area contributed by atoms with Gasteiger partial charge in [0.2, 0.25) is 0 Å². The number of hydrogen-bond acceptors (Lipinski definition) is 2. The second-order valence-corrected chi connectivity index (χ2v) is 4.34. The molecule has 0 aromatic rings. The van der Waals surface area contributed by atoms with Crippen molar-refractivity contribution in [1.82, 2.24) is 0 Å². The average Bonchev–Trinajstić information content (AvgIpc) is 1.84. The first-order chi connectivity index (χ1) is 5.33. The molecule has 0 heterocycles. The van der Waals surface area contributed by atoms with E-state index >= 15 is 0 Å². The van der Waals surface area contributed by atoms with E-state index in [1.807, 2.05) is 13.8 Å². The molecule has 0 saturated heterocycles. The van der Waals surface area contributed by atoms with Gasteiger partial charge in [0.05, 0.1) is 27.1 Å². The minimum atomic E-state index is -0.108. The number of esters is 1. The third kappa shape index (κ3) is 6.16. The zero-order chi connectivity index (χ0) is 9.78. The number of ether oxygens (including phenoxy) is 1. The zero-order valence-electron chi connectivity index (χ0n) is 8.76. The van der Waals surface area contributed by atoms with E-state index in [1.165, 1.54) is 0 Å². The van der Waals surface area contributed by atoms with E-state index in [0.717, 1.165) is 11.0 Å². The third-order valence-corrected chi connectivity index (χ3v) is 1.48. The van der Waals surface area contributed by atoms with E-state index in [2.05, 4.69) is 21.1 Å². The van der Waals surface area contributed by atoms with Crippen molar-refractivity contribution in [3.63, 3.8) is 0 Å². The van der Waals surface area contributed by atoms with Crippen LogP contribution in [0.2, 0.25) is 0 Å². The molecule has 0 bridgehead atoms. The zero-order valence-corrected chi connectivity index (χ0v) is 8.76. The van der Waals surface area contributed by atoms with Crippen LogP contribution < -0.4 is 0 Å². The van der Waals surface area contributed by atoms with Crippen LogP contribution >= 0.6 is 0 Å². The van der Waals surface area contributed by atoms with E-state index in [1.54, 1.807) is 0 Å². The SMILES string of the molecule is CC(C)C(=O)OCC[N+](C)(C)C. The van der Waals surface area contributed by atoms with Crippen molar-refractivity contribution >= 4 is 5.97 Å². The summed E-state index contributed by atoms with van der Waals surface area (Å²) >= 11 is 0. The highest BCUT2D eigenvalue weighted by Crippen LogP contribution is 1.96. The van der Waals surface area contributed by atoms with Gasteiger partial charge in [0, 0.05) is 0 Å². The Kier molecular flexibility index (Phi) is 4.24. The van der Waals surface area contributed by atoms with Crippen LogP contribution in [-0.4, -0.2) is 44.7 Å². The van der Waals surface area contributed by atoms with Crippen LogP contribution in [0.15, 0.2) is 0 Å². The van der Waals surface area contributed by atoms with E-state index in [4.69, 9.17) is 4.74 Å². The van der Waals surface area contributed by atoms with E-state index in [9.17, 15) is 4.79 Å². The number of hydrogen-bond donors (Lipinski definition) is 0. The molecule has 0 aliphatic heterocycles. The molecule has 0 unspecified atom stereocenters. The summed E-state index contributed by atoms with van der Waals surface area (Å²) in [5.41, 5.74) is 0. The molecule has 0 aromatic carbocycles. The molecule has 72 valence electrons. The summed E-state index contributed by atoms with van der Waals surface area (Å²) in [6.07, 6.45) is 0. The van der Waals surface area contributed by atoms with Crippen molar-refractivity contribution in [3.8, 4) is 0 Å². The fraction of sp³-hybridized carbons (Fsp3) is 0.889. The topological polar surface area (TPSA) is 26.3 Å². The number of likely N-dealkylation sites (N-methyl/N-ethyl adjacent to an activating group) is 1. The van der Waals surface area contributed by atoms with Crippen LogP contribution in [0.5, 0.6) is 0 Å². The Bertz CT molecular complexity index is 147. The van der Waals surface area contributed by atoms with Gasteiger partial charge in [-0.2, -0.15) is 0 Å². The van der Waals surface area contributed by atoms with Crippen LogP contribution in [0.3, 0.4) is 0 Å². The third-order valence-electron chi connectivity index (χ3n) is 1.48. The van der Waals surface area contributed by atoms with E-state index < -0.39 is 0 Å². The predicted molar refractivity (Wildman–Crippen MR) is 48.7 cm³/mol. The van der Waals surface area contributed by atoms with Gasteiger partial charge in [0.1, 0.15) is 13.2 Å². The first-order valence-electron chi connectivity index (χ1n) is 4.30. The van der Waals surface area contributed by atoms with Crippen LogP contribution in [0.25, 0.3) is 0 Å². The molecule has 0 aliphatic rings. The Morgan fingerprint density at radius 1 is 1.33 bits per heavy atom. The van der Waals surface area contributed by atoms with Gasteiger partial charge >= 0.3 is 5.97 Å². The molecule has 0 radical (unpaired) electrons. The Hall–Kier alpha value is -0.570. The molecule has 3 heteroatoms. The van der Waals surface area contributed by atoms with Gasteiger partial charge < -0.3 is 9.22 Å². The van der Waals surface area contributed by atoms with E-state index in [-0.39, 0.29) is 11.9 Å². The molecule has 0 rings (SSSR count). The molecule has 0 amide bonds. The van der Waals surface area contributed by atoms with Gasteiger partial charge in [0.15, 0.2) is 0 Å². The fourth-order valence-electron chi connectivity index (χ4n) is 0.587. The number of quaternary nitrogens is 1. The highest BCUT2D eigenvalue weighted by Gasteiger charge is 2.11. The second-order valence-electron chi connectivity index (χ2n) is 4.34. The van der Waals surface area contributed by atoms with Gasteiger partial charge in [0.25, 0.3) is 0 Å². The predicted octanol–water partition coefficient (Wildman–Crippen LogP) is 0.892. The summed E-state index contributed by atoms with van der Waals surface area (Å²) in [6, 6.07) is 0. The van der Waals surface area contributed by atoms with Crippen LogP contribution in [0.4, 0.5) is 0 Å². The Balaban J connectivity index is 3.51. The Morgan fingerprint density at radius 3 is 2.17 bits per heavy atom. The van der Waals surface area contributed by atoms with Crippen molar-refractivity contribution in [2.24, 2.45) is 5.92 Å². The monoisotopic (exact) mass is 174 g/mol. The highest BCUT2D eigenvalue weighted by atomic mass is 16.5. The van der Waals surface area contributed by atoms with Crippen molar-refractivity contribution in [2.75, 3.05) is 34.3 Å². The molecular weight excluding hydrogens is 154 g/mol. The van der Waals surface area contributed by atoms with Crippen molar-refractivity contribution in [3.05, 3.63) is 0 Å². The maximum atomic E-state index is 11.0. The Labute approximate surface area is 74.9 Å². The maximum Gasteiger partial charge on any atom is 0.308 e. The molecule has 0 atom stereocenters. The summed E-state index contributed by atoms with van der Waals surface area (Å²) in [5, 5.41) is 0. The van der Waals surface area contributed by atoms with Gasteiger partial charge in [-0.05, 0) is 0 Å². The van der Waals surface area contributed by atoms with Crippen molar-refractivity contribution < 1.29 is 14.0 Å². The molecule has 0 fully saturated rings. The summed E-state index contributed by atoms with van der Waals surface area (Å²) < 4.78 is 5.85. The van der Waals surface area contributed by atoms with Gasteiger partial charge in [-0.3, -0.25) is 4.79 Å². The number of nitrogens with zero attached hydrogens (tertiary/aromatic N) is 1. The average molecular weight is 174 g/mol. The van der Waals surface area contributed by atoms with Crippen LogP contribution in [0.1, 0.15) is 13.8 Å². The van der Waals surface area contributed by atoms with Crippen molar-refractivity contribution in [2.45, 2.75) is 13.8 Å². The molecule has 3 nitrogen and oxygen atoms in total. The molecule has 0 aliphatic carbocycles.